The van der Waals surface area contributed by atoms with Gasteiger partial charge in [0.25, 0.3) is 5.91 Å². The van der Waals surface area contributed by atoms with Gasteiger partial charge < -0.3 is 4.74 Å². The van der Waals surface area contributed by atoms with Crippen molar-refractivity contribution < 1.29 is 9.53 Å². The number of rotatable bonds is 4. The zero-order valence-electron chi connectivity index (χ0n) is 9.46. The topological polar surface area (TPSA) is 53.9 Å². The van der Waals surface area contributed by atoms with Crippen LogP contribution in [0.25, 0.3) is 0 Å². The van der Waals surface area contributed by atoms with Gasteiger partial charge >= 0.3 is 0 Å². The van der Waals surface area contributed by atoms with Crippen LogP contribution in [-0.4, -0.2) is 49.9 Å². The lowest BCUT2D eigenvalue weighted by atomic mass is 10.4. The van der Waals surface area contributed by atoms with Gasteiger partial charge in [0.1, 0.15) is 0 Å². The number of hydrogen-bond acceptors (Lipinski definition) is 5. The van der Waals surface area contributed by atoms with Crippen LogP contribution in [0.5, 0.6) is 0 Å². The van der Waals surface area contributed by atoms with Crippen LogP contribution in [0, 0.1) is 0 Å². The lowest BCUT2D eigenvalue weighted by Gasteiger charge is -2.25. The molecule has 92 valence electrons. The molecule has 17 heavy (non-hydrogen) atoms. The number of carbonyl (C=O) groups is 1. The molecule has 2 heterocycles. The number of hydrogen-bond donors (Lipinski definition) is 1. The van der Waals surface area contributed by atoms with Gasteiger partial charge in [0.15, 0.2) is 0 Å². The maximum atomic E-state index is 11.5. The van der Waals surface area contributed by atoms with Gasteiger partial charge in [0, 0.05) is 18.0 Å². The lowest BCUT2D eigenvalue weighted by Crippen LogP contribution is -2.42. The first-order valence-electron chi connectivity index (χ1n) is 5.50. The summed E-state index contributed by atoms with van der Waals surface area (Å²) in [6, 6.07) is 3.89. The molecule has 1 N–H and O–H groups in total. The van der Waals surface area contributed by atoms with Crippen molar-refractivity contribution >= 4 is 23.5 Å². The molecule has 0 unspecified atom stereocenters. The number of thiophene rings is 1. The van der Waals surface area contributed by atoms with Gasteiger partial charge in [0.2, 0.25) is 0 Å². The second-order valence-corrected chi connectivity index (χ2v) is 4.68. The molecule has 0 saturated carbocycles. The number of nitrogens with one attached hydrogen (secondary N) is 1. The van der Waals surface area contributed by atoms with Crippen molar-refractivity contribution in [2.24, 2.45) is 5.10 Å². The van der Waals surface area contributed by atoms with Crippen LogP contribution in [0.3, 0.4) is 0 Å². The van der Waals surface area contributed by atoms with Crippen molar-refractivity contribution in [3.05, 3.63) is 22.4 Å². The minimum Gasteiger partial charge on any atom is -0.379 e. The van der Waals surface area contributed by atoms with E-state index in [-0.39, 0.29) is 5.91 Å². The van der Waals surface area contributed by atoms with E-state index in [1.165, 1.54) is 0 Å². The summed E-state index contributed by atoms with van der Waals surface area (Å²) >= 11 is 1.58. The van der Waals surface area contributed by atoms with Crippen LogP contribution < -0.4 is 5.43 Å². The summed E-state index contributed by atoms with van der Waals surface area (Å²) in [6.45, 7) is 3.40. The summed E-state index contributed by atoms with van der Waals surface area (Å²) in [7, 11) is 0. The van der Waals surface area contributed by atoms with Gasteiger partial charge in [-0.05, 0) is 11.4 Å². The zero-order valence-corrected chi connectivity index (χ0v) is 10.3. The third kappa shape index (κ3) is 4.26. The van der Waals surface area contributed by atoms with Gasteiger partial charge in [0.05, 0.1) is 26.0 Å². The molecule has 0 spiro atoms. The highest BCUT2D eigenvalue weighted by molar-refractivity contribution is 7.11. The number of amides is 1. The summed E-state index contributed by atoms with van der Waals surface area (Å²) in [5, 5.41) is 5.88. The Hall–Kier alpha value is -1.24. The Balaban J connectivity index is 1.70. The Bertz CT molecular complexity index is 372. The second-order valence-electron chi connectivity index (χ2n) is 3.70. The predicted molar refractivity (Wildman–Crippen MR) is 67.3 cm³/mol. The standard InChI is InChI=1S/C11H15N3O2S/c15-11(9-14-3-5-16-6-4-14)13-12-8-10-2-1-7-17-10/h1-2,7-8H,3-6,9H2,(H,13,15)/b12-8-. The molecule has 1 aromatic rings. The molecule has 6 heteroatoms. The van der Waals surface area contributed by atoms with Crippen molar-refractivity contribution in [1.29, 1.82) is 0 Å². The minimum atomic E-state index is -0.0836. The fourth-order valence-electron chi connectivity index (χ4n) is 1.53. The van der Waals surface area contributed by atoms with E-state index in [4.69, 9.17) is 4.74 Å². The molecule has 0 radical (unpaired) electrons. The molecule has 1 fully saturated rings. The number of hydrazone groups is 1. The molecule has 0 aliphatic carbocycles. The third-order valence-corrected chi connectivity index (χ3v) is 3.20. The van der Waals surface area contributed by atoms with Crippen LogP contribution in [0.2, 0.25) is 0 Å². The van der Waals surface area contributed by atoms with Gasteiger partial charge in [-0.2, -0.15) is 5.10 Å². The van der Waals surface area contributed by atoms with Crippen LogP contribution in [0.15, 0.2) is 22.6 Å². The van der Waals surface area contributed by atoms with E-state index >= 15 is 0 Å². The van der Waals surface area contributed by atoms with Crippen LogP contribution in [0.1, 0.15) is 4.88 Å². The highest BCUT2D eigenvalue weighted by Crippen LogP contribution is 2.04. The van der Waals surface area contributed by atoms with Crippen molar-refractivity contribution in [2.75, 3.05) is 32.8 Å². The molecule has 0 aromatic carbocycles. The summed E-state index contributed by atoms with van der Waals surface area (Å²) in [5.74, 6) is -0.0836. The molecular weight excluding hydrogens is 238 g/mol. The van der Waals surface area contributed by atoms with Crippen molar-refractivity contribution in [1.82, 2.24) is 10.3 Å². The predicted octanol–water partition coefficient (Wildman–Crippen LogP) is 0.530. The summed E-state index contributed by atoms with van der Waals surface area (Å²) in [6.07, 6.45) is 1.65. The van der Waals surface area contributed by atoms with Crippen LogP contribution in [0.4, 0.5) is 0 Å². The monoisotopic (exact) mass is 253 g/mol. The van der Waals surface area contributed by atoms with Gasteiger partial charge in [-0.15, -0.1) is 11.3 Å². The largest absolute Gasteiger partial charge is 0.379 e. The molecular formula is C11H15N3O2S. The first-order valence-corrected chi connectivity index (χ1v) is 6.38. The Morgan fingerprint density at radius 1 is 1.59 bits per heavy atom. The Morgan fingerprint density at radius 3 is 3.12 bits per heavy atom. The lowest BCUT2D eigenvalue weighted by molar-refractivity contribution is -0.123. The molecule has 2 rings (SSSR count). The van der Waals surface area contributed by atoms with Gasteiger partial charge in [-0.1, -0.05) is 6.07 Å². The normalized spacial score (nSPS) is 17.4. The fraction of sp³-hybridized carbons (Fsp3) is 0.455. The highest BCUT2D eigenvalue weighted by atomic mass is 32.1. The fourth-order valence-corrected chi connectivity index (χ4v) is 2.12. The molecule has 1 aromatic heterocycles. The molecule has 1 saturated heterocycles. The van der Waals surface area contributed by atoms with E-state index in [0.29, 0.717) is 19.8 Å². The summed E-state index contributed by atoms with van der Waals surface area (Å²) in [4.78, 5) is 14.6. The quantitative estimate of drug-likeness (QED) is 0.629. The maximum Gasteiger partial charge on any atom is 0.254 e. The van der Waals surface area contributed by atoms with Crippen molar-refractivity contribution in [2.45, 2.75) is 0 Å². The minimum absolute atomic E-state index is 0.0836. The molecule has 1 aliphatic rings. The van der Waals surface area contributed by atoms with E-state index in [2.05, 4.69) is 15.4 Å². The average molecular weight is 253 g/mol. The Morgan fingerprint density at radius 2 is 2.41 bits per heavy atom. The molecule has 1 aliphatic heterocycles. The van der Waals surface area contributed by atoms with Crippen LogP contribution >= 0.6 is 11.3 Å². The number of carbonyl (C=O) groups excluding carboxylic acids is 1. The smallest absolute Gasteiger partial charge is 0.254 e. The van der Waals surface area contributed by atoms with E-state index in [1.54, 1.807) is 17.6 Å². The van der Waals surface area contributed by atoms with E-state index < -0.39 is 0 Å². The maximum absolute atomic E-state index is 11.5. The first kappa shape index (κ1) is 12.2. The summed E-state index contributed by atoms with van der Waals surface area (Å²) < 4.78 is 5.21. The second kappa shape index (κ2) is 6.48. The van der Waals surface area contributed by atoms with Gasteiger partial charge in [-0.25, -0.2) is 5.43 Å². The molecule has 0 bridgehead atoms. The average Bonchev–Trinajstić information content (AvgIpc) is 2.83. The number of ether oxygens (including phenoxy) is 1. The Kier molecular flexibility index (Phi) is 4.66. The zero-order chi connectivity index (χ0) is 11.9. The highest BCUT2D eigenvalue weighted by Gasteiger charge is 2.13. The molecule has 1 amide bonds. The van der Waals surface area contributed by atoms with Crippen LogP contribution in [-0.2, 0) is 9.53 Å². The summed E-state index contributed by atoms with van der Waals surface area (Å²) in [5.41, 5.74) is 2.52. The van der Waals surface area contributed by atoms with Gasteiger partial charge in [-0.3, -0.25) is 9.69 Å². The first-order chi connectivity index (χ1) is 8.34. The SMILES string of the molecule is O=C(CN1CCOCC1)N/N=C\c1cccs1. The van der Waals surface area contributed by atoms with E-state index in [0.717, 1.165) is 18.0 Å². The van der Waals surface area contributed by atoms with E-state index in [1.807, 2.05) is 17.5 Å². The Labute approximate surface area is 104 Å². The number of nitrogens with zero attached hydrogens (tertiary/aromatic N) is 2. The van der Waals surface area contributed by atoms with Crippen molar-refractivity contribution in [3.8, 4) is 0 Å². The van der Waals surface area contributed by atoms with E-state index in [9.17, 15) is 4.79 Å². The van der Waals surface area contributed by atoms with Crippen molar-refractivity contribution in [3.63, 3.8) is 0 Å². The number of morpholine rings is 1. The third-order valence-electron chi connectivity index (χ3n) is 2.40. The molecule has 5 nitrogen and oxygen atoms in total. The molecule has 0 atom stereocenters.